The van der Waals surface area contributed by atoms with Crippen molar-refractivity contribution in [2.24, 2.45) is 5.73 Å². The summed E-state index contributed by atoms with van der Waals surface area (Å²) in [5.41, 5.74) is 7.13. The van der Waals surface area contributed by atoms with Crippen LogP contribution >= 0.6 is 23.4 Å². The maximum Gasteiger partial charge on any atom is 0.0417 e. The zero-order chi connectivity index (χ0) is 11.3. The molecule has 1 rings (SSSR count). The van der Waals surface area contributed by atoms with Crippen molar-refractivity contribution in [1.82, 2.24) is 0 Å². The second-order valence-electron chi connectivity index (χ2n) is 3.78. The van der Waals surface area contributed by atoms with E-state index in [1.165, 1.54) is 16.9 Å². The third-order valence-electron chi connectivity index (χ3n) is 2.03. The van der Waals surface area contributed by atoms with Crippen LogP contribution in [0.1, 0.15) is 25.8 Å². The number of nitrogens with two attached hydrogens (primary N) is 1. The van der Waals surface area contributed by atoms with Crippen molar-refractivity contribution in [1.29, 1.82) is 0 Å². The average Bonchev–Trinajstić information content (AvgIpc) is 2.18. The van der Waals surface area contributed by atoms with Gasteiger partial charge in [-0.2, -0.15) is 0 Å². The van der Waals surface area contributed by atoms with Crippen molar-refractivity contribution in [2.45, 2.75) is 37.6 Å². The first-order chi connectivity index (χ1) is 7.13. The van der Waals surface area contributed by atoms with Gasteiger partial charge in [-0.1, -0.05) is 24.6 Å². The molecule has 0 radical (unpaired) electrons. The Labute approximate surface area is 101 Å². The van der Waals surface area contributed by atoms with Gasteiger partial charge in [0.05, 0.1) is 0 Å². The maximum atomic E-state index is 5.99. The molecule has 1 aromatic rings. The first kappa shape index (κ1) is 12.9. The van der Waals surface area contributed by atoms with E-state index in [1.807, 2.05) is 30.8 Å². The molecule has 1 atom stereocenters. The Morgan fingerprint density at radius 3 is 2.80 bits per heavy atom. The molecule has 84 valence electrons. The third kappa shape index (κ3) is 4.45. The van der Waals surface area contributed by atoms with Crippen LogP contribution in [0.2, 0.25) is 5.02 Å². The summed E-state index contributed by atoms with van der Waals surface area (Å²) in [4.78, 5) is 1.28. The Balaban J connectivity index is 2.82. The van der Waals surface area contributed by atoms with E-state index in [2.05, 4.69) is 13.0 Å². The molecule has 0 saturated carbocycles. The molecule has 0 aliphatic rings. The lowest BCUT2D eigenvalue weighted by molar-refractivity contribution is 0.729. The standard InChI is InChI=1S/C12H18ClNS/c1-3-6-15-12-8-11(13)5-4-10(12)7-9(2)14/h4-5,8-9H,3,6-7,14H2,1-2H3. The van der Waals surface area contributed by atoms with Gasteiger partial charge in [-0.3, -0.25) is 0 Å². The predicted octanol–water partition coefficient (Wildman–Crippen LogP) is 3.73. The van der Waals surface area contributed by atoms with Gasteiger partial charge in [0.2, 0.25) is 0 Å². The average molecular weight is 244 g/mol. The minimum Gasteiger partial charge on any atom is -0.328 e. The fourth-order valence-electron chi connectivity index (χ4n) is 1.39. The third-order valence-corrected chi connectivity index (χ3v) is 3.57. The molecule has 3 heteroatoms. The Bertz CT molecular complexity index is 312. The van der Waals surface area contributed by atoms with Crippen LogP contribution in [0, 0.1) is 0 Å². The summed E-state index contributed by atoms with van der Waals surface area (Å²) in [6.07, 6.45) is 2.10. The smallest absolute Gasteiger partial charge is 0.0417 e. The molecular formula is C12H18ClNS. The molecule has 2 N–H and O–H groups in total. The lowest BCUT2D eigenvalue weighted by Gasteiger charge is -2.11. The molecule has 0 saturated heterocycles. The Morgan fingerprint density at radius 1 is 1.47 bits per heavy atom. The molecule has 15 heavy (non-hydrogen) atoms. The summed E-state index contributed by atoms with van der Waals surface area (Å²) >= 11 is 7.85. The van der Waals surface area contributed by atoms with E-state index >= 15 is 0 Å². The molecule has 1 aromatic carbocycles. The van der Waals surface area contributed by atoms with Crippen LogP contribution in [0.3, 0.4) is 0 Å². The van der Waals surface area contributed by atoms with Crippen LogP contribution in [0.5, 0.6) is 0 Å². The minimum absolute atomic E-state index is 0.201. The topological polar surface area (TPSA) is 26.0 Å². The van der Waals surface area contributed by atoms with Crippen LogP contribution < -0.4 is 5.73 Å². The Hall–Kier alpha value is -0.180. The van der Waals surface area contributed by atoms with E-state index in [4.69, 9.17) is 17.3 Å². The van der Waals surface area contributed by atoms with Crippen molar-refractivity contribution in [2.75, 3.05) is 5.75 Å². The van der Waals surface area contributed by atoms with Crippen molar-refractivity contribution in [3.63, 3.8) is 0 Å². The van der Waals surface area contributed by atoms with Crippen molar-refractivity contribution in [3.05, 3.63) is 28.8 Å². The van der Waals surface area contributed by atoms with E-state index in [1.54, 1.807) is 0 Å². The zero-order valence-corrected chi connectivity index (χ0v) is 10.9. The van der Waals surface area contributed by atoms with Gasteiger partial charge in [0.1, 0.15) is 0 Å². The van der Waals surface area contributed by atoms with Gasteiger partial charge in [0.25, 0.3) is 0 Å². The van der Waals surface area contributed by atoms with Gasteiger partial charge in [-0.15, -0.1) is 11.8 Å². The molecule has 0 aromatic heterocycles. The van der Waals surface area contributed by atoms with Gasteiger partial charge < -0.3 is 5.73 Å². The normalized spacial score (nSPS) is 12.8. The SMILES string of the molecule is CCCSc1cc(Cl)ccc1CC(C)N. The monoisotopic (exact) mass is 243 g/mol. The van der Waals surface area contributed by atoms with Crippen LogP contribution in [-0.2, 0) is 6.42 Å². The van der Waals surface area contributed by atoms with E-state index in [0.29, 0.717) is 0 Å². The summed E-state index contributed by atoms with van der Waals surface area (Å²) in [5.74, 6) is 1.13. The molecular weight excluding hydrogens is 226 g/mol. The van der Waals surface area contributed by atoms with E-state index in [9.17, 15) is 0 Å². The van der Waals surface area contributed by atoms with Gasteiger partial charge in [0.15, 0.2) is 0 Å². The van der Waals surface area contributed by atoms with Gasteiger partial charge >= 0.3 is 0 Å². The lowest BCUT2D eigenvalue weighted by atomic mass is 10.1. The largest absolute Gasteiger partial charge is 0.328 e. The number of hydrogen-bond acceptors (Lipinski definition) is 2. The molecule has 0 heterocycles. The summed E-state index contributed by atoms with van der Waals surface area (Å²) in [6, 6.07) is 6.27. The first-order valence-corrected chi connectivity index (χ1v) is 6.66. The highest BCUT2D eigenvalue weighted by Crippen LogP contribution is 2.27. The fourth-order valence-corrected chi connectivity index (χ4v) is 2.60. The summed E-state index contributed by atoms with van der Waals surface area (Å²) in [7, 11) is 0. The van der Waals surface area contributed by atoms with Crippen LogP contribution in [-0.4, -0.2) is 11.8 Å². The number of thioether (sulfide) groups is 1. The number of benzene rings is 1. The second-order valence-corrected chi connectivity index (χ2v) is 5.36. The lowest BCUT2D eigenvalue weighted by Crippen LogP contribution is -2.18. The highest BCUT2D eigenvalue weighted by Gasteiger charge is 2.06. The molecule has 0 amide bonds. The Kier molecular flexibility index (Phi) is 5.51. The van der Waals surface area contributed by atoms with Crippen molar-refractivity contribution in [3.8, 4) is 0 Å². The van der Waals surface area contributed by atoms with Crippen LogP contribution in [0.4, 0.5) is 0 Å². The summed E-state index contributed by atoms with van der Waals surface area (Å²) in [6.45, 7) is 4.21. The molecule has 0 aliphatic heterocycles. The summed E-state index contributed by atoms with van der Waals surface area (Å²) in [5, 5.41) is 0.807. The number of rotatable bonds is 5. The molecule has 0 fully saturated rings. The van der Waals surface area contributed by atoms with Crippen molar-refractivity contribution >= 4 is 23.4 Å². The fraction of sp³-hybridized carbons (Fsp3) is 0.500. The van der Waals surface area contributed by atoms with E-state index < -0.39 is 0 Å². The van der Waals surface area contributed by atoms with E-state index in [-0.39, 0.29) is 6.04 Å². The van der Waals surface area contributed by atoms with E-state index in [0.717, 1.165) is 17.2 Å². The van der Waals surface area contributed by atoms with Crippen LogP contribution in [0.15, 0.2) is 23.1 Å². The highest BCUT2D eigenvalue weighted by molar-refractivity contribution is 7.99. The molecule has 0 spiro atoms. The van der Waals surface area contributed by atoms with Gasteiger partial charge in [0, 0.05) is 16.0 Å². The second kappa shape index (κ2) is 6.41. The number of halogens is 1. The molecule has 0 aliphatic carbocycles. The zero-order valence-electron chi connectivity index (χ0n) is 9.29. The molecule has 0 bridgehead atoms. The minimum atomic E-state index is 0.201. The van der Waals surface area contributed by atoms with Gasteiger partial charge in [-0.05, 0) is 43.2 Å². The van der Waals surface area contributed by atoms with Gasteiger partial charge in [-0.25, -0.2) is 0 Å². The summed E-state index contributed by atoms with van der Waals surface area (Å²) < 4.78 is 0. The molecule has 1 nitrogen and oxygen atoms in total. The predicted molar refractivity (Wildman–Crippen MR) is 69.8 cm³/mol. The van der Waals surface area contributed by atoms with Crippen LogP contribution in [0.25, 0.3) is 0 Å². The maximum absolute atomic E-state index is 5.99. The van der Waals surface area contributed by atoms with Crippen molar-refractivity contribution < 1.29 is 0 Å². The first-order valence-electron chi connectivity index (χ1n) is 5.30. The number of hydrogen-bond donors (Lipinski definition) is 1. The Morgan fingerprint density at radius 2 is 2.20 bits per heavy atom. The molecule has 1 unspecified atom stereocenters. The quantitative estimate of drug-likeness (QED) is 0.798. The highest BCUT2D eigenvalue weighted by atomic mass is 35.5.